The monoisotopic (exact) mass is 282 g/mol. The zero-order valence-electron chi connectivity index (χ0n) is 14.1. The fraction of sp³-hybridized carbons (Fsp3) is 0.938. The maximum Gasteiger partial charge on any atom is 0.191 e. The Morgan fingerprint density at radius 1 is 1.05 bits per heavy atom. The van der Waals surface area contributed by atoms with Gasteiger partial charge < -0.3 is 10.6 Å². The molecule has 4 nitrogen and oxygen atoms in total. The van der Waals surface area contributed by atoms with Crippen molar-refractivity contribution < 1.29 is 0 Å². The second-order valence-corrected chi connectivity index (χ2v) is 6.51. The number of aliphatic imine (C=N–C) groups is 1. The van der Waals surface area contributed by atoms with Crippen molar-refractivity contribution >= 4 is 5.96 Å². The van der Waals surface area contributed by atoms with Crippen molar-refractivity contribution in [3.05, 3.63) is 0 Å². The molecule has 0 aromatic heterocycles. The van der Waals surface area contributed by atoms with E-state index < -0.39 is 0 Å². The third-order valence-corrected chi connectivity index (χ3v) is 4.01. The molecule has 0 spiro atoms. The summed E-state index contributed by atoms with van der Waals surface area (Å²) < 4.78 is 0. The summed E-state index contributed by atoms with van der Waals surface area (Å²) in [4.78, 5) is 6.97. The molecule has 0 radical (unpaired) electrons. The number of nitrogens with zero attached hydrogens (tertiary/aromatic N) is 2. The van der Waals surface area contributed by atoms with Crippen molar-refractivity contribution in [2.45, 2.75) is 65.5 Å². The van der Waals surface area contributed by atoms with Crippen LogP contribution in [-0.4, -0.2) is 49.6 Å². The topological polar surface area (TPSA) is 39.7 Å². The highest BCUT2D eigenvalue weighted by Crippen LogP contribution is 2.16. The average molecular weight is 282 g/mol. The smallest absolute Gasteiger partial charge is 0.191 e. The molecular weight excluding hydrogens is 248 g/mol. The summed E-state index contributed by atoms with van der Waals surface area (Å²) in [5, 5.41) is 6.86. The van der Waals surface area contributed by atoms with E-state index in [-0.39, 0.29) is 0 Å². The van der Waals surface area contributed by atoms with Crippen LogP contribution in [0, 0.1) is 5.92 Å². The molecular formula is C16H34N4. The summed E-state index contributed by atoms with van der Waals surface area (Å²) in [6.45, 7) is 12.4. The molecule has 2 N–H and O–H groups in total. The molecule has 1 saturated heterocycles. The Morgan fingerprint density at radius 2 is 1.65 bits per heavy atom. The van der Waals surface area contributed by atoms with E-state index in [4.69, 9.17) is 0 Å². The molecule has 0 bridgehead atoms. The first kappa shape index (κ1) is 17.3. The highest BCUT2D eigenvalue weighted by molar-refractivity contribution is 5.79. The van der Waals surface area contributed by atoms with E-state index in [1.54, 1.807) is 0 Å². The molecule has 0 amide bonds. The number of guanidine groups is 1. The van der Waals surface area contributed by atoms with E-state index in [0.717, 1.165) is 12.5 Å². The van der Waals surface area contributed by atoms with Gasteiger partial charge in [0, 0.05) is 25.7 Å². The van der Waals surface area contributed by atoms with Gasteiger partial charge in [0.1, 0.15) is 0 Å². The van der Waals surface area contributed by atoms with Crippen molar-refractivity contribution in [1.82, 2.24) is 15.5 Å². The van der Waals surface area contributed by atoms with Crippen LogP contribution in [0.5, 0.6) is 0 Å². The summed E-state index contributed by atoms with van der Waals surface area (Å²) in [5.41, 5.74) is 0. The number of hydrogen-bond acceptors (Lipinski definition) is 2. The van der Waals surface area contributed by atoms with Crippen molar-refractivity contribution in [2.24, 2.45) is 10.9 Å². The minimum atomic E-state index is 0.414. The number of hydrogen-bond donors (Lipinski definition) is 2. The summed E-state index contributed by atoms with van der Waals surface area (Å²) in [6, 6.07) is 1.01. The van der Waals surface area contributed by atoms with Crippen LogP contribution < -0.4 is 10.6 Å². The van der Waals surface area contributed by atoms with Gasteiger partial charge in [-0.1, -0.05) is 26.7 Å². The normalized spacial score (nSPS) is 20.1. The van der Waals surface area contributed by atoms with Crippen LogP contribution in [-0.2, 0) is 0 Å². The zero-order valence-corrected chi connectivity index (χ0v) is 14.1. The zero-order chi connectivity index (χ0) is 15.0. The Hall–Kier alpha value is -0.770. The van der Waals surface area contributed by atoms with Gasteiger partial charge in [0.2, 0.25) is 0 Å². The lowest BCUT2D eigenvalue weighted by Crippen LogP contribution is -2.50. The van der Waals surface area contributed by atoms with Crippen LogP contribution in [0.3, 0.4) is 0 Å². The molecule has 0 aromatic rings. The van der Waals surface area contributed by atoms with Crippen LogP contribution in [0.25, 0.3) is 0 Å². The van der Waals surface area contributed by atoms with Gasteiger partial charge in [0.15, 0.2) is 5.96 Å². The first-order valence-electron chi connectivity index (χ1n) is 8.25. The van der Waals surface area contributed by atoms with Crippen molar-refractivity contribution in [2.75, 3.05) is 26.7 Å². The minimum absolute atomic E-state index is 0.414. The highest BCUT2D eigenvalue weighted by Gasteiger charge is 2.22. The molecule has 1 rings (SSSR count). The van der Waals surface area contributed by atoms with E-state index in [9.17, 15) is 0 Å². The Balaban J connectivity index is 2.53. The van der Waals surface area contributed by atoms with Gasteiger partial charge in [0.25, 0.3) is 0 Å². The summed E-state index contributed by atoms with van der Waals surface area (Å²) in [5.74, 6) is 1.58. The molecule has 1 aliphatic heterocycles. The second-order valence-electron chi connectivity index (χ2n) is 6.51. The first-order valence-corrected chi connectivity index (χ1v) is 8.25. The van der Waals surface area contributed by atoms with Crippen LogP contribution in [0.4, 0.5) is 0 Å². The third kappa shape index (κ3) is 6.12. The molecule has 4 heteroatoms. The lowest BCUT2D eigenvalue weighted by molar-refractivity contribution is 0.161. The molecule has 1 aliphatic rings. The minimum Gasteiger partial charge on any atom is -0.355 e. The largest absolute Gasteiger partial charge is 0.355 e. The first-order chi connectivity index (χ1) is 9.54. The summed E-state index contributed by atoms with van der Waals surface area (Å²) >= 11 is 0. The van der Waals surface area contributed by atoms with E-state index in [0.29, 0.717) is 18.0 Å². The summed E-state index contributed by atoms with van der Waals surface area (Å²) in [6.07, 6.45) is 5.49. The highest BCUT2D eigenvalue weighted by atomic mass is 15.2. The van der Waals surface area contributed by atoms with Gasteiger partial charge in [-0.2, -0.15) is 0 Å². The molecule has 1 unspecified atom stereocenters. The lowest BCUT2D eigenvalue weighted by Gasteiger charge is -2.34. The maximum atomic E-state index is 4.30. The molecule has 0 aromatic carbocycles. The van der Waals surface area contributed by atoms with E-state index in [1.807, 2.05) is 7.05 Å². The fourth-order valence-electron chi connectivity index (χ4n) is 2.88. The van der Waals surface area contributed by atoms with Gasteiger partial charge in [-0.15, -0.1) is 0 Å². The SMILES string of the molecule is CN=C(NCC(C(C)C)N1CCCCCC1)NC(C)C. The number of nitrogens with one attached hydrogen (secondary N) is 2. The molecule has 1 heterocycles. The van der Waals surface area contributed by atoms with Gasteiger partial charge >= 0.3 is 0 Å². The molecule has 0 aliphatic carbocycles. The van der Waals surface area contributed by atoms with Gasteiger partial charge in [-0.25, -0.2) is 0 Å². The van der Waals surface area contributed by atoms with E-state index in [2.05, 4.69) is 48.2 Å². The van der Waals surface area contributed by atoms with Crippen LogP contribution in [0.2, 0.25) is 0 Å². The Kier molecular flexibility index (Phi) is 7.97. The predicted molar refractivity (Wildman–Crippen MR) is 88.3 cm³/mol. The van der Waals surface area contributed by atoms with Crippen LogP contribution >= 0.6 is 0 Å². The number of likely N-dealkylation sites (tertiary alicyclic amines) is 1. The fourth-order valence-corrected chi connectivity index (χ4v) is 2.88. The Labute approximate surface area is 125 Å². The van der Waals surface area contributed by atoms with E-state index in [1.165, 1.54) is 38.8 Å². The number of rotatable bonds is 5. The van der Waals surface area contributed by atoms with Crippen molar-refractivity contribution in [1.29, 1.82) is 0 Å². The molecule has 1 atom stereocenters. The average Bonchev–Trinajstić information content (AvgIpc) is 2.65. The molecule has 0 saturated carbocycles. The van der Waals surface area contributed by atoms with Crippen molar-refractivity contribution in [3.63, 3.8) is 0 Å². The lowest BCUT2D eigenvalue weighted by atomic mass is 10.0. The Morgan fingerprint density at radius 3 is 2.10 bits per heavy atom. The van der Waals surface area contributed by atoms with Crippen LogP contribution in [0.1, 0.15) is 53.4 Å². The quantitative estimate of drug-likeness (QED) is 0.601. The van der Waals surface area contributed by atoms with Gasteiger partial charge in [0.05, 0.1) is 0 Å². The summed E-state index contributed by atoms with van der Waals surface area (Å²) in [7, 11) is 1.84. The van der Waals surface area contributed by atoms with Crippen molar-refractivity contribution in [3.8, 4) is 0 Å². The van der Waals surface area contributed by atoms with Gasteiger partial charge in [-0.05, 0) is 45.7 Å². The van der Waals surface area contributed by atoms with E-state index >= 15 is 0 Å². The van der Waals surface area contributed by atoms with Crippen LogP contribution in [0.15, 0.2) is 4.99 Å². The van der Waals surface area contributed by atoms with Gasteiger partial charge in [-0.3, -0.25) is 9.89 Å². The Bertz CT molecular complexity index is 278. The molecule has 1 fully saturated rings. The molecule has 20 heavy (non-hydrogen) atoms. The third-order valence-electron chi connectivity index (χ3n) is 4.01. The predicted octanol–water partition coefficient (Wildman–Crippen LogP) is 2.46. The maximum absolute atomic E-state index is 4.30. The second kappa shape index (κ2) is 9.22. The molecule has 118 valence electrons. The standard InChI is InChI=1S/C16H34N4/c1-13(2)15(20-10-8-6-7-9-11-20)12-18-16(17-5)19-14(3)4/h13-15H,6-12H2,1-5H3,(H2,17,18,19).